The maximum absolute atomic E-state index is 13.3. The van der Waals surface area contributed by atoms with Crippen molar-refractivity contribution in [1.29, 1.82) is 0 Å². The minimum absolute atomic E-state index is 0.105. The third kappa shape index (κ3) is 7.36. The highest BCUT2D eigenvalue weighted by atomic mass is 28.3. The Morgan fingerprint density at radius 1 is 0.941 bits per heavy atom. The molecule has 0 atom stereocenters. The van der Waals surface area contributed by atoms with Gasteiger partial charge in [-0.1, -0.05) is 39.3 Å². The van der Waals surface area contributed by atoms with E-state index < -0.39 is 16.1 Å². The Morgan fingerprint density at radius 2 is 1.62 bits per heavy atom. The summed E-state index contributed by atoms with van der Waals surface area (Å²) in [5.74, 6) is 1.25. The van der Waals surface area contributed by atoms with E-state index in [2.05, 4.69) is 49.3 Å². The van der Waals surface area contributed by atoms with E-state index in [9.17, 15) is 4.79 Å². The standard InChI is InChI=1S/C24H38N4O4Si2/c1-27-9-8-25-23(27)19-14-20-22(21(15-19)32-18-31-11-13-34(5,6)7)26-16-28(24(20)29)17-30-10-12-33(2,3)4/h8-9,14-16H,10-13,17-18H2,1-7H3. The van der Waals surface area contributed by atoms with Gasteiger partial charge in [0, 0.05) is 54.4 Å². The number of aryl methyl sites for hydroxylation is 1. The fourth-order valence-corrected chi connectivity index (χ4v) is 4.81. The van der Waals surface area contributed by atoms with Gasteiger partial charge in [0.2, 0.25) is 0 Å². The molecular formula is C24H38N4O4Si2. The Hall–Kier alpha value is -2.28. The lowest BCUT2D eigenvalue weighted by molar-refractivity contribution is 0.0228. The molecule has 0 radical (unpaired) electrons. The van der Waals surface area contributed by atoms with E-state index in [0.717, 1.165) is 23.5 Å². The van der Waals surface area contributed by atoms with E-state index in [0.29, 0.717) is 29.9 Å². The second-order valence-electron chi connectivity index (χ2n) is 11.1. The van der Waals surface area contributed by atoms with Gasteiger partial charge in [-0.15, -0.1) is 0 Å². The van der Waals surface area contributed by atoms with Gasteiger partial charge in [-0.2, -0.15) is 0 Å². The van der Waals surface area contributed by atoms with Gasteiger partial charge in [0.15, 0.2) is 6.79 Å². The Labute approximate surface area is 203 Å². The molecule has 0 bridgehead atoms. The first kappa shape index (κ1) is 26.3. The van der Waals surface area contributed by atoms with Crippen LogP contribution in [0.15, 0.2) is 35.6 Å². The molecule has 0 aliphatic heterocycles. The first-order valence-electron chi connectivity index (χ1n) is 11.7. The highest BCUT2D eigenvalue weighted by Crippen LogP contribution is 2.29. The number of rotatable bonds is 12. The van der Waals surface area contributed by atoms with Crippen LogP contribution in [0.2, 0.25) is 51.4 Å². The molecule has 2 heterocycles. The lowest BCUT2D eigenvalue weighted by Crippen LogP contribution is -2.25. The summed E-state index contributed by atoms with van der Waals surface area (Å²) in [4.78, 5) is 22.3. The average molecular weight is 503 g/mol. The Morgan fingerprint density at radius 3 is 2.24 bits per heavy atom. The molecule has 0 spiro atoms. The van der Waals surface area contributed by atoms with Gasteiger partial charge in [-0.25, -0.2) is 9.97 Å². The lowest BCUT2D eigenvalue weighted by Gasteiger charge is -2.17. The molecule has 0 aliphatic carbocycles. The van der Waals surface area contributed by atoms with Crippen molar-refractivity contribution in [3.05, 3.63) is 41.2 Å². The summed E-state index contributed by atoms with van der Waals surface area (Å²) in [6.45, 7) is 15.4. The first-order chi connectivity index (χ1) is 15.9. The number of hydrogen-bond acceptors (Lipinski definition) is 6. The van der Waals surface area contributed by atoms with Crippen LogP contribution < -0.4 is 10.3 Å². The van der Waals surface area contributed by atoms with Gasteiger partial charge in [0.25, 0.3) is 5.56 Å². The number of imidazole rings is 1. The van der Waals surface area contributed by atoms with Crippen LogP contribution in [0.1, 0.15) is 0 Å². The third-order valence-electron chi connectivity index (χ3n) is 5.49. The molecule has 3 aromatic rings. The second kappa shape index (κ2) is 11.0. The summed E-state index contributed by atoms with van der Waals surface area (Å²) in [5.41, 5.74) is 1.13. The second-order valence-corrected chi connectivity index (χ2v) is 22.3. The van der Waals surface area contributed by atoms with Gasteiger partial charge >= 0.3 is 0 Å². The van der Waals surface area contributed by atoms with Crippen molar-refractivity contribution in [2.75, 3.05) is 20.0 Å². The zero-order valence-electron chi connectivity index (χ0n) is 21.6. The van der Waals surface area contributed by atoms with Crippen molar-refractivity contribution in [1.82, 2.24) is 19.1 Å². The van der Waals surface area contributed by atoms with Crippen LogP contribution in [-0.2, 0) is 23.3 Å². The van der Waals surface area contributed by atoms with Crippen molar-refractivity contribution in [3.8, 4) is 17.1 Å². The molecule has 0 fully saturated rings. The molecule has 0 amide bonds. The summed E-state index contributed by atoms with van der Waals surface area (Å²) in [6, 6.07) is 5.80. The van der Waals surface area contributed by atoms with Gasteiger partial charge < -0.3 is 18.8 Å². The molecule has 8 nitrogen and oxygen atoms in total. The number of benzene rings is 1. The molecule has 1 aromatic carbocycles. The molecule has 0 saturated carbocycles. The van der Waals surface area contributed by atoms with Crippen LogP contribution in [-0.4, -0.2) is 55.3 Å². The number of fused-ring (bicyclic) bond motifs is 1. The van der Waals surface area contributed by atoms with E-state index >= 15 is 0 Å². The van der Waals surface area contributed by atoms with E-state index in [1.807, 2.05) is 29.9 Å². The molecule has 186 valence electrons. The molecule has 2 aromatic heterocycles. The van der Waals surface area contributed by atoms with Crippen molar-refractivity contribution in [2.45, 2.75) is 58.1 Å². The molecular weight excluding hydrogens is 464 g/mol. The fraction of sp³-hybridized carbons (Fsp3) is 0.542. The summed E-state index contributed by atoms with van der Waals surface area (Å²) in [6.07, 6.45) is 5.12. The summed E-state index contributed by atoms with van der Waals surface area (Å²) >= 11 is 0. The van der Waals surface area contributed by atoms with Gasteiger partial charge in [-0.3, -0.25) is 9.36 Å². The molecule has 10 heteroatoms. The van der Waals surface area contributed by atoms with Crippen molar-refractivity contribution < 1.29 is 14.2 Å². The van der Waals surface area contributed by atoms with E-state index in [4.69, 9.17) is 14.2 Å². The van der Waals surface area contributed by atoms with Crippen LogP contribution in [0.3, 0.4) is 0 Å². The van der Waals surface area contributed by atoms with Crippen molar-refractivity contribution in [3.63, 3.8) is 0 Å². The molecule has 0 saturated heterocycles. The predicted octanol–water partition coefficient (Wildman–Crippen LogP) is 4.80. The monoisotopic (exact) mass is 502 g/mol. The molecule has 0 aliphatic rings. The normalized spacial score (nSPS) is 12.4. The highest BCUT2D eigenvalue weighted by Gasteiger charge is 2.16. The van der Waals surface area contributed by atoms with Crippen LogP contribution >= 0.6 is 0 Å². The van der Waals surface area contributed by atoms with Gasteiger partial charge in [-0.05, 0) is 24.2 Å². The van der Waals surface area contributed by atoms with Crippen molar-refractivity contribution in [2.24, 2.45) is 7.05 Å². The van der Waals surface area contributed by atoms with Gasteiger partial charge in [0.1, 0.15) is 30.1 Å². The Bertz CT molecular complexity index is 1160. The molecule has 0 unspecified atom stereocenters. The highest BCUT2D eigenvalue weighted by molar-refractivity contribution is 6.76. The fourth-order valence-electron chi connectivity index (χ4n) is 3.30. The lowest BCUT2D eigenvalue weighted by atomic mass is 10.1. The Kier molecular flexibility index (Phi) is 8.50. The van der Waals surface area contributed by atoms with Crippen molar-refractivity contribution >= 4 is 27.1 Å². The molecule has 34 heavy (non-hydrogen) atoms. The zero-order chi connectivity index (χ0) is 24.9. The smallest absolute Gasteiger partial charge is 0.263 e. The summed E-state index contributed by atoms with van der Waals surface area (Å²) in [7, 11) is -0.458. The number of aromatic nitrogens is 4. The largest absolute Gasteiger partial charge is 0.465 e. The zero-order valence-corrected chi connectivity index (χ0v) is 23.6. The quantitative estimate of drug-likeness (QED) is 0.201. The maximum Gasteiger partial charge on any atom is 0.263 e. The topological polar surface area (TPSA) is 80.4 Å². The average Bonchev–Trinajstić information content (AvgIpc) is 3.16. The maximum atomic E-state index is 13.3. The number of nitrogens with zero attached hydrogens (tertiary/aromatic N) is 4. The first-order valence-corrected chi connectivity index (χ1v) is 19.2. The third-order valence-corrected chi connectivity index (χ3v) is 8.90. The summed E-state index contributed by atoms with van der Waals surface area (Å²) in [5, 5.41) is 0.467. The molecule has 3 rings (SSSR count). The predicted molar refractivity (Wildman–Crippen MR) is 142 cm³/mol. The van der Waals surface area contributed by atoms with Gasteiger partial charge in [0.05, 0.1) is 5.39 Å². The molecule has 0 N–H and O–H groups in total. The van der Waals surface area contributed by atoms with Crippen LogP contribution in [0, 0.1) is 0 Å². The summed E-state index contributed by atoms with van der Waals surface area (Å²) < 4.78 is 20.9. The van der Waals surface area contributed by atoms with Crippen LogP contribution in [0.5, 0.6) is 5.75 Å². The number of ether oxygens (including phenoxy) is 3. The minimum Gasteiger partial charge on any atom is -0.465 e. The van der Waals surface area contributed by atoms with E-state index in [-0.39, 0.29) is 19.1 Å². The van der Waals surface area contributed by atoms with E-state index in [1.165, 1.54) is 10.9 Å². The minimum atomic E-state index is -1.20. The SMILES string of the molecule is Cn1ccnc1-c1cc(OCOCC[Si](C)(C)C)c2ncn(COCC[Si](C)(C)C)c(=O)c2c1. The van der Waals surface area contributed by atoms with Crippen LogP contribution in [0.4, 0.5) is 0 Å². The van der Waals surface area contributed by atoms with E-state index in [1.54, 1.807) is 6.20 Å². The number of hydrogen-bond donors (Lipinski definition) is 0. The Balaban J connectivity index is 1.86. The van der Waals surface area contributed by atoms with Crippen LogP contribution in [0.25, 0.3) is 22.3 Å².